The lowest BCUT2D eigenvalue weighted by Gasteiger charge is -2.15. The first-order valence-electron chi connectivity index (χ1n) is 8.87. The van der Waals surface area contributed by atoms with Crippen LogP contribution in [-0.2, 0) is 22.9 Å². The molecule has 11 heteroatoms. The molecular formula is C19H23F3N4O3S. The van der Waals surface area contributed by atoms with Gasteiger partial charge in [-0.3, -0.25) is 4.99 Å². The molecule has 0 atom stereocenters. The molecule has 2 aromatic rings. The Morgan fingerprint density at radius 3 is 2.50 bits per heavy atom. The lowest BCUT2D eigenvalue weighted by molar-refractivity contribution is -0.154. The van der Waals surface area contributed by atoms with E-state index < -0.39 is 22.6 Å². The van der Waals surface area contributed by atoms with Crippen LogP contribution in [0.25, 0.3) is 0 Å². The number of alkyl halides is 3. The highest BCUT2D eigenvalue weighted by Gasteiger charge is 2.29. The van der Waals surface area contributed by atoms with E-state index in [1.54, 1.807) is 44.3 Å². The molecule has 1 heterocycles. The molecule has 0 aliphatic carbocycles. The van der Waals surface area contributed by atoms with Crippen LogP contribution in [0.2, 0.25) is 0 Å². The van der Waals surface area contributed by atoms with Gasteiger partial charge >= 0.3 is 6.18 Å². The summed E-state index contributed by atoms with van der Waals surface area (Å²) in [7, 11) is -1.74. The van der Waals surface area contributed by atoms with Crippen LogP contribution in [0.5, 0.6) is 5.88 Å². The van der Waals surface area contributed by atoms with Crippen LogP contribution in [0, 0.1) is 6.92 Å². The Morgan fingerprint density at radius 2 is 1.90 bits per heavy atom. The number of nitrogens with zero attached hydrogens (tertiary/aromatic N) is 2. The topological polar surface area (TPSA) is 92.7 Å². The maximum atomic E-state index is 12.4. The number of sulfone groups is 1. The van der Waals surface area contributed by atoms with Crippen molar-refractivity contribution in [2.45, 2.75) is 31.1 Å². The van der Waals surface area contributed by atoms with Crippen molar-refractivity contribution in [2.24, 2.45) is 4.99 Å². The largest absolute Gasteiger partial charge is 0.468 e. The summed E-state index contributed by atoms with van der Waals surface area (Å²) in [4.78, 5) is 8.19. The molecule has 0 saturated carbocycles. The Kier molecular flexibility index (Phi) is 7.65. The molecule has 164 valence electrons. The number of rotatable bonds is 7. The molecular weight excluding hydrogens is 421 g/mol. The van der Waals surface area contributed by atoms with Crippen LogP contribution < -0.4 is 15.4 Å². The summed E-state index contributed by atoms with van der Waals surface area (Å²) >= 11 is 0. The van der Waals surface area contributed by atoms with Gasteiger partial charge in [0.1, 0.15) is 0 Å². The Morgan fingerprint density at radius 1 is 1.20 bits per heavy atom. The molecule has 7 nitrogen and oxygen atoms in total. The fraction of sp³-hybridized carbons (Fsp3) is 0.368. The highest BCUT2D eigenvalue weighted by atomic mass is 32.2. The zero-order valence-electron chi connectivity index (χ0n) is 16.7. The van der Waals surface area contributed by atoms with Crippen LogP contribution in [-0.4, -0.2) is 45.4 Å². The third-order valence-corrected chi connectivity index (χ3v) is 5.25. The van der Waals surface area contributed by atoms with Gasteiger partial charge in [0, 0.05) is 38.2 Å². The van der Waals surface area contributed by atoms with E-state index in [1.165, 1.54) is 6.20 Å². The molecule has 0 unspecified atom stereocenters. The number of ether oxygens (including phenoxy) is 1. The Hall–Kier alpha value is -2.82. The minimum atomic E-state index is -4.45. The molecule has 0 fully saturated rings. The van der Waals surface area contributed by atoms with Crippen LogP contribution in [0.1, 0.15) is 16.7 Å². The average Bonchev–Trinajstić information content (AvgIpc) is 2.65. The first-order valence-corrected chi connectivity index (χ1v) is 10.8. The zero-order chi connectivity index (χ0) is 22.4. The molecule has 2 rings (SSSR count). The second kappa shape index (κ2) is 9.79. The Balaban J connectivity index is 1.97. The maximum absolute atomic E-state index is 12.4. The molecule has 0 spiro atoms. The molecule has 1 aromatic carbocycles. The van der Waals surface area contributed by atoms with Gasteiger partial charge < -0.3 is 15.4 Å². The van der Waals surface area contributed by atoms with Crippen LogP contribution in [0.3, 0.4) is 0 Å². The SMILES string of the molecule is CN=C(NCc1ccc(S(C)(=O)=O)c(C)c1)NCc1cccnc1OCC(F)(F)F. The van der Waals surface area contributed by atoms with Gasteiger partial charge in [-0.1, -0.05) is 18.2 Å². The molecule has 0 aliphatic rings. The van der Waals surface area contributed by atoms with Gasteiger partial charge in [0.15, 0.2) is 22.4 Å². The highest BCUT2D eigenvalue weighted by molar-refractivity contribution is 7.90. The third-order valence-electron chi connectivity index (χ3n) is 3.99. The fourth-order valence-corrected chi connectivity index (χ4v) is 3.62. The number of halogens is 3. The second-order valence-corrected chi connectivity index (χ2v) is 8.51. The minimum absolute atomic E-state index is 0.107. The second-order valence-electron chi connectivity index (χ2n) is 6.52. The number of aliphatic imine (C=N–C) groups is 1. The van der Waals surface area contributed by atoms with Crippen LogP contribution >= 0.6 is 0 Å². The van der Waals surface area contributed by atoms with E-state index in [2.05, 4.69) is 20.6 Å². The molecule has 0 radical (unpaired) electrons. The smallest absolute Gasteiger partial charge is 0.422 e. The molecule has 0 saturated heterocycles. The number of nitrogens with one attached hydrogen (secondary N) is 2. The van der Waals surface area contributed by atoms with Gasteiger partial charge in [0.25, 0.3) is 0 Å². The predicted molar refractivity (Wildman–Crippen MR) is 107 cm³/mol. The standard InChI is InChI=1S/C19H23F3N4O3S/c1-13-9-14(6-7-16(13)30(3,27)28)10-25-18(23-2)26-11-15-5-4-8-24-17(15)29-12-19(20,21)22/h4-9H,10-12H2,1-3H3,(H2,23,25,26). The van der Waals surface area contributed by atoms with Gasteiger partial charge in [0.05, 0.1) is 4.90 Å². The number of hydrogen-bond donors (Lipinski definition) is 2. The predicted octanol–water partition coefficient (Wildman–Crippen LogP) is 2.60. The van der Waals surface area contributed by atoms with E-state index in [9.17, 15) is 21.6 Å². The average molecular weight is 444 g/mol. The van der Waals surface area contributed by atoms with E-state index in [4.69, 9.17) is 4.74 Å². The van der Waals surface area contributed by atoms with Gasteiger partial charge in [-0.25, -0.2) is 13.4 Å². The molecule has 0 bridgehead atoms. The van der Waals surface area contributed by atoms with E-state index in [1.807, 2.05) is 0 Å². The van der Waals surface area contributed by atoms with Crippen LogP contribution in [0.4, 0.5) is 13.2 Å². The van der Waals surface area contributed by atoms with E-state index in [-0.39, 0.29) is 17.3 Å². The maximum Gasteiger partial charge on any atom is 0.422 e. The van der Waals surface area contributed by atoms with Crippen molar-refractivity contribution in [2.75, 3.05) is 19.9 Å². The third kappa shape index (κ3) is 7.21. The summed E-state index contributed by atoms with van der Waals surface area (Å²) in [6.07, 6.45) is -1.94. The first kappa shape index (κ1) is 23.5. The van der Waals surface area contributed by atoms with E-state index in [0.29, 0.717) is 23.6 Å². The summed E-state index contributed by atoms with van der Waals surface area (Å²) in [5.74, 6) is 0.301. The normalized spacial score (nSPS) is 12.5. The summed E-state index contributed by atoms with van der Waals surface area (Å²) in [6, 6.07) is 8.22. The van der Waals surface area contributed by atoms with Crippen molar-refractivity contribution in [3.8, 4) is 5.88 Å². The van der Waals surface area contributed by atoms with Crippen molar-refractivity contribution >= 4 is 15.8 Å². The fourth-order valence-electron chi connectivity index (χ4n) is 2.66. The minimum Gasteiger partial charge on any atom is -0.468 e. The van der Waals surface area contributed by atoms with Crippen molar-refractivity contribution in [1.82, 2.24) is 15.6 Å². The number of pyridine rings is 1. The van der Waals surface area contributed by atoms with Crippen molar-refractivity contribution in [1.29, 1.82) is 0 Å². The number of aryl methyl sites for hydroxylation is 1. The van der Waals surface area contributed by atoms with Crippen molar-refractivity contribution in [3.05, 3.63) is 53.2 Å². The van der Waals surface area contributed by atoms with Gasteiger partial charge in [0.2, 0.25) is 5.88 Å². The summed E-state index contributed by atoms with van der Waals surface area (Å²) < 4.78 is 65.3. The van der Waals surface area contributed by atoms with Gasteiger partial charge in [-0.15, -0.1) is 0 Å². The molecule has 0 aliphatic heterocycles. The summed E-state index contributed by atoms with van der Waals surface area (Å²) in [5.41, 5.74) is 1.93. The number of hydrogen-bond acceptors (Lipinski definition) is 5. The Labute approximate surface area is 173 Å². The first-order chi connectivity index (χ1) is 14.0. The molecule has 1 aromatic heterocycles. The van der Waals surface area contributed by atoms with Gasteiger partial charge in [-0.2, -0.15) is 13.2 Å². The lowest BCUT2D eigenvalue weighted by Crippen LogP contribution is -2.36. The number of benzene rings is 1. The van der Waals surface area contributed by atoms with E-state index >= 15 is 0 Å². The van der Waals surface area contributed by atoms with Crippen molar-refractivity contribution < 1.29 is 26.3 Å². The molecule has 2 N–H and O–H groups in total. The summed E-state index contributed by atoms with van der Waals surface area (Å²) in [6.45, 7) is 0.812. The van der Waals surface area contributed by atoms with Crippen molar-refractivity contribution in [3.63, 3.8) is 0 Å². The van der Waals surface area contributed by atoms with Gasteiger partial charge in [-0.05, 0) is 30.2 Å². The quantitative estimate of drug-likeness (QED) is 0.504. The van der Waals surface area contributed by atoms with Crippen LogP contribution in [0.15, 0.2) is 46.4 Å². The molecule has 0 amide bonds. The molecule has 30 heavy (non-hydrogen) atoms. The Bertz CT molecular complexity index is 1010. The number of guanidine groups is 1. The summed E-state index contributed by atoms with van der Waals surface area (Å²) in [5, 5.41) is 6.05. The zero-order valence-corrected chi connectivity index (χ0v) is 17.6. The highest BCUT2D eigenvalue weighted by Crippen LogP contribution is 2.20. The van der Waals surface area contributed by atoms with E-state index in [0.717, 1.165) is 11.8 Å². The monoisotopic (exact) mass is 444 g/mol. The lowest BCUT2D eigenvalue weighted by atomic mass is 10.1. The number of aromatic nitrogens is 1.